The molecule has 3 aromatic carbocycles. The third-order valence-electron chi connectivity index (χ3n) is 4.36. The fourth-order valence-electron chi connectivity index (χ4n) is 2.88. The highest BCUT2D eigenvalue weighted by atomic mass is 35.5. The van der Waals surface area contributed by atoms with E-state index >= 15 is 0 Å². The first-order valence-corrected chi connectivity index (χ1v) is 9.08. The normalized spacial score (nSPS) is 11.1. The van der Waals surface area contributed by atoms with E-state index < -0.39 is 0 Å². The van der Waals surface area contributed by atoms with Crippen molar-refractivity contribution < 1.29 is 0 Å². The lowest BCUT2D eigenvalue weighted by Crippen LogP contribution is -1.96. The molecule has 26 heavy (non-hydrogen) atoms. The van der Waals surface area contributed by atoms with Gasteiger partial charge in [-0.25, -0.2) is 9.97 Å². The molecule has 0 radical (unpaired) electrons. The Morgan fingerprint density at radius 1 is 0.577 bits per heavy atom. The van der Waals surface area contributed by atoms with Crippen molar-refractivity contribution in [3.8, 4) is 22.5 Å². The molecule has 4 aromatic rings. The molecule has 0 saturated heterocycles. The van der Waals surface area contributed by atoms with Gasteiger partial charge in [-0.2, -0.15) is 0 Å². The Kier molecular flexibility index (Phi) is 4.39. The molecule has 0 bridgehead atoms. The minimum Gasteiger partial charge on any atom is -0.244 e. The number of hydrogen-bond acceptors (Lipinski definition) is 2. The maximum atomic E-state index is 6.18. The van der Waals surface area contributed by atoms with E-state index in [9.17, 15) is 0 Å². The van der Waals surface area contributed by atoms with Gasteiger partial charge in [0, 0.05) is 11.1 Å². The zero-order chi connectivity index (χ0) is 18.3. The van der Waals surface area contributed by atoms with E-state index in [4.69, 9.17) is 33.2 Å². The highest BCUT2D eigenvalue weighted by Crippen LogP contribution is 2.33. The van der Waals surface area contributed by atoms with Gasteiger partial charge in [-0.3, -0.25) is 0 Å². The van der Waals surface area contributed by atoms with Crippen LogP contribution in [0.3, 0.4) is 0 Å². The van der Waals surface area contributed by atoms with Crippen molar-refractivity contribution in [2.24, 2.45) is 0 Å². The van der Waals surface area contributed by atoms with Gasteiger partial charge >= 0.3 is 0 Å². The molecule has 0 aliphatic heterocycles. The summed E-state index contributed by atoms with van der Waals surface area (Å²) in [7, 11) is 0. The van der Waals surface area contributed by atoms with Crippen molar-refractivity contribution in [1.82, 2.24) is 9.97 Å². The number of aromatic nitrogens is 2. The molecule has 0 saturated carbocycles. The van der Waals surface area contributed by atoms with Crippen molar-refractivity contribution in [1.29, 1.82) is 0 Å². The van der Waals surface area contributed by atoms with Crippen molar-refractivity contribution in [2.75, 3.05) is 0 Å². The summed E-state index contributed by atoms with van der Waals surface area (Å²) in [6, 6.07) is 20.1. The maximum Gasteiger partial charge on any atom is 0.0973 e. The highest BCUT2D eigenvalue weighted by molar-refractivity contribution is 6.42. The standard InChI is InChI=1S/C22H16Cl2N2/c1-13-3-7-15(8-4-13)21-22(16-9-5-14(2)6-10-16)26-20-12-18(24)17(23)11-19(20)25-21/h3-12H,1-2H3. The van der Waals surface area contributed by atoms with Crippen LogP contribution in [0.25, 0.3) is 33.5 Å². The SMILES string of the molecule is Cc1ccc(-c2nc3cc(Cl)c(Cl)cc3nc2-c2ccc(C)cc2)cc1. The van der Waals surface area contributed by atoms with E-state index in [-0.39, 0.29) is 0 Å². The van der Waals surface area contributed by atoms with Crippen LogP contribution in [0.15, 0.2) is 60.7 Å². The van der Waals surface area contributed by atoms with Crippen LogP contribution in [0.2, 0.25) is 10.0 Å². The predicted molar refractivity (Wildman–Crippen MR) is 110 cm³/mol. The van der Waals surface area contributed by atoms with Gasteiger partial charge in [-0.05, 0) is 26.0 Å². The molecular formula is C22H16Cl2N2. The van der Waals surface area contributed by atoms with Gasteiger partial charge in [0.2, 0.25) is 0 Å². The van der Waals surface area contributed by atoms with E-state index in [0.29, 0.717) is 10.0 Å². The Morgan fingerprint density at radius 2 is 0.923 bits per heavy atom. The molecule has 0 atom stereocenters. The molecule has 0 aliphatic carbocycles. The van der Waals surface area contributed by atoms with Crippen LogP contribution in [-0.2, 0) is 0 Å². The Balaban J connectivity index is 2.02. The zero-order valence-corrected chi connectivity index (χ0v) is 15.9. The number of halogens is 2. The van der Waals surface area contributed by atoms with Gasteiger partial charge in [0.05, 0.1) is 32.5 Å². The molecule has 4 heteroatoms. The molecule has 0 aliphatic rings. The number of benzene rings is 3. The summed E-state index contributed by atoms with van der Waals surface area (Å²) in [5, 5.41) is 0.956. The molecule has 0 fully saturated rings. The van der Waals surface area contributed by atoms with Gasteiger partial charge in [-0.1, -0.05) is 82.9 Å². The van der Waals surface area contributed by atoms with Crippen molar-refractivity contribution in [2.45, 2.75) is 13.8 Å². The van der Waals surface area contributed by atoms with Crippen molar-refractivity contribution in [3.05, 3.63) is 81.8 Å². The Morgan fingerprint density at radius 3 is 1.27 bits per heavy atom. The third kappa shape index (κ3) is 3.18. The monoisotopic (exact) mass is 378 g/mol. The molecule has 0 amide bonds. The fourth-order valence-corrected chi connectivity index (χ4v) is 3.19. The second-order valence-corrected chi connectivity index (χ2v) is 7.22. The average molecular weight is 379 g/mol. The molecule has 1 heterocycles. The first-order valence-electron chi connectivity index (χ1n) is 8.32. The van der Waals surface area contributed by atoms with Crippen molar-refractivity contribution >= 4 is 34.2 Å². The van der Waals surface area contributed by atoms with E-state index in [1.807, 2.05) is 0 Å². The lowest BCUT2D eigenvalue weighted by atomic mass is 10.0. The van der Waals surface area contributed by atoms with Crippen LogP contribution in [-0.4, -0.2) is 9.97 Å². The summed E-state index contributed by atoms with van der Waals surface area (Å²) >= 11 is 12.4. The first kappa shape index (κ1) is 17.0. The summed E-state index contributed by atoms with van der Waals surface area (Å²) in [5.74, 6) is 0. The summed E-state index contributed by atoms with van der Waals surface area (Å²) in [4.78, 5) is 9.74. The van der Waals surface area contributed by atoms with Gasteiger partial charge < -0.3 is 0 Å². The van der Waals surface area contributed by atoms with E-state index in [1.165, 1.54) is 11.1 Å². The fraction of sp³-hybridized carbons (Fsp3) is 0.0909. The smallest absolute Gasteiger partial charge is 0.0973 e. The second kappa shape index (κ2) is 6.71. The van der Waals surface area contributed by atoms with Gasteiger partial charge in [0.15, 0.2) is 0 Å². The summed E-state index contributed by atoms with van der Waals surface area (Å²) in [5.41, 5.74) is 7.57. The number of nitrogens with zero attached hydrogens (tertiary/aromatic N) is 2. The molecule has 0 spiro atoms. The Labute approximate surface area is 162 Å². The number of fused-ring (bicyclic) bond motifs is 1. The molecule has 1 aromatic heterocycles. The van der Waals surface area contributed by atoms with E-state index in [2.05, 4.69) is 62.4 Å². The molecule has 0 N–H and O–H groups in total. The van der Waals surface area contributed by atoms with Crippen molar-refractivity contribution in [3.63, 3.8) is 0 Å². The summed E-state index contributed by atoms with van der Waals surface area (Å²) in [6.07, 6.45) is 0. The predicted octanol–water partition coefficient (Wildman–Crippen LogP) is 6.89. The van der Waals surface area contributed by atoms with Gasteiger partial charge in [0.1, 0.15) is 0 Å². The van der Waals surface area contributed by atoms with E-state index in [0.717, 1.165) is 33.5 Å². The topological polar surface area (TPSA) is 25.8 Å². The van der Waals surface area contributed by atoms with Crippen LogP contribution >= 0.6 is 23.2 Å². The van der Waals surface area contributed by atoms with Gasteiger partial charge in [-0.15, -0.1) is 0 Å². The maximum absolute atomic E-state index is 6.18. The lowest BCUT2D eigenvalue weighted by Gasteiger charge is -2.12. The second-order valence-electron chi connectivity index (χ2n) is 6.41. The minimum atomic E-state index is 0.478. The molecule has 2 nitrogen and oxygen atoms in total. The number of rotatable bonds is 2. The zero-order valence-electron chi connectivity index (χ0n) is 14.4. The highest BCUT2D eigenvalue weighted by Gasteiger charge is 2.14. The average Bonchev–Trinajstić information content (AvgIpc) is 2.63. The minimum absolute atomic E-state index is 0.478. The quantitative estimate of drug-likeness (QED) is 0.379. The van der Waals surface area contributed by atoms with Gasteiger partial charge in [0.25, 0.3) is 0 Å². The van der Waals surface area contributed by atoms with Crippen LogP contribution < -0.4 is 0 Å². The molecule has 0 unspecified atom stereocenters. The largest absolute Gasteiger partial charge is 0.244 e. The molecular weight excluding hydrogens is 363 g/mol. The third-order valence-corrected chi connectivity index (χ3v) is 5.08. The number of aryl methyl sites for hydroxylation is 2. The Hall–Kier alpha value is -2.42. The van der Waals surface area contributed by atoms with E-state index in [1.54, 1.807) is 12.1 Å². The summed E-state index contributed by atoms with van der Waals surface area (Å²) < 4.78 is 0. The van der Waals surface area contributed by atoms with Crippen LogP contribution in [0, 0.1) is 13.8 Å². The number of hydrogen-bond donors (Lipinski definition) is 0. The molecule has 4 rings (SSSR count). The summed E-state index contributed by atoms with van der Waals surface area (Å²) in [6.45, 7) is 4.14. The molecule has 128 valence electrons. The van der Waals surface area contributed by atoms with Crippen LogP contribution in [0.4, 0.5) is 0 Å². The van der Waals surface area contributed by atoms with Crippen LogP contribution in [0.5, 0.6) is 0 Å². The Bertz CT molecular complexity index is 1010. The lowest BCUT2D eigenvalue weighted by molar-refractivity contribution is 1.29. The van der Waals surface area contributed by atoms with Crippen LogP contribution in [0.1, 0.15) is 11.1 Å². The first-order chi connectivity index (χ1) is 12.5.